The quantitative estimate of drug-likeness (QED) is 0.835. The summed E-state index contributed by atoms with van der Waals surface area (Å²) in [5, 5.41) is 8.97. The molecule has 0 bridgehead atoms. The van der Waals surface area contributed by atoms with E-state index in [2.05, 4.69) is 6.07 Å². The molecule has 0 aliphatic carbocycles. The van der Waals surface area contributed by atoms with Crippen molar-refractivity contribution < 1.29 is 9.59 Å². The van der Waals surface area contributed by atoms with Crippen molar-refractivity contribution in [3.63, 3.8) is 0 Å². The fourth-order valence-corrected chi connectivity index (χ4v) is 3.15. The van der Waals surface area contributed by atoms with Gasteiger partial charge in [0.2, 0.25) is 5.91 Å². The van der Waals surface area contributed by atoms with Crippen molar-refractivity contribution in [1.29, 1.82) is 5.26 Å². The molecule has 1 aliphatic rings. The molecular weight excluding hydrogens is 326 g/mol. The molecule has 1 saturated heterocycles. The van der Waals surface area contributed by atoms with Crippen LogP contribution in [0.3, 0.4) is 0 Å². The first-order chi connectivity index (χ1) is 12.6. The van der Waals surface area contributed by atoms with Crippen molar-refractivity contribution >= 4 is 11.8 Å². The Labute approximate surface area is 153 Å². The van der Waals surface area contributed by atoms with Crippen LogP contribution >= 0.6 is 0 Å². The van der Waals surface area contributed by atoms with Gasteiger partial charge in [-0.25, -0.2) is 0 Å². The maximum absolute atomic E-state index is 12.6. The summed E-state index contributed by atoms with van der Waals surface area (Å²) in [5.74, 6) is 0.126. The molecule has 0 saturated carbocycles. The van der Waals surface area contributed by atoms with Crippen LogP contribution in [0.2, 0.25) is 0 Å². The Morgan fingerprint density at radius 3 is 2.62 bits per heavy atom. The second-order valence-corrected chi connectivity index (χ2v) is 6.59. The lowest BCUT2D eigenvalue weighted by Gasteiger charge is -2.18. The first kappa shape index (κ1) is 17.7. The average Bonchev–Trinajstić information content (AvgIpc) is 3.06. The van der Waals surface area contributed by atoms with Crippen LogP contribution in [0.4, 0.5) is 0 Å². The predicted octanol–water partition coefficient (Wildman–Crippen LogP) is 2.95. The fourth-order valence-electron chi connectivity index (χ4n) is 3.15. The molecule has 0 radical (unpaired) electrons. The highest BCUT2D eigenvalue weighted by Crippen LogP contribution is 2.16. The minimum absolute atomic E-state index is 0.0730. The topological polar surface area (TPSA) is 64.4 Å². The highest BCUT2D eigenvalue weighted by atomic mass is 16.2. The van der Waals surface area contributed by atoms with Gasteiger partial charge in [0.15, 0.2) is 0 Å². The molecule has 0 unspecified atom stereocenters. The van der Waals surface area contributed by atoms with Crippen LogP contribution in [-0.2, 0) is 17.9 Å². The van der Waals surface area contributed by atoms with E-state index in [0.29, 0.717) is 30.6 Å². The number of rotatable bonds is 5. The summed E-state index contributed by atoms with van der Waals surface area (Å²) in [4.78, 5) is 27.8. The van der Waals surface area contributed by atoms with E-state index < -0.39 is 0 Å². The molecule has 0 spiro atoms. The maximum atomic E-state index is 12.6. The van der Waals surface area contributed by atoms with E-state index in [1.807, 2.05) is 29.2 Å². The summed E-state index contributed by atoms with van der Waals surface area (Å²) in [6.07, 6.45) is 1.56. The van der Waals surface area contributed by atoms with E-state index in [1.165, 1.54) is 0 Å². The van der Waals surface area contributed by atoms with Crippen LogP contribution in [0.25, 0.3) is 0 Å². The normalized spacial score (nSPS) is 13.5. The van der Waals surface area contributed by atoms with Gasteiger partial charge in [-0.05, 0) is 41.8 Å². The first-order valence-electron chi connectivity index (χ1n) is 8.68. The van der Waals surface area contributed by atoms with Crippen molar-refractivity contribution in [2.45, 2.75) is 25.9 Å². The molecule has 26 heavy (non-hydrogen) atoms. The van der Waals surface area contributed by atoms with Gasteiger partial charge in [0, 0.05) is 38.7 Å². The highest BCUT2D eigenvalue weighted by Gasteiger charge is 2.20. The smallest absolute Gasteiger partial charge is 0.253 e. The van der Waals surface area contributed by atoms with Crippen LogP contribution in [0.15, 0.2) is 48.5 Å². The van der Waals surface area contributed by atoms with Gasteiger partial charge in [-0.2, -0.15) is 5.26 Å². The number of nitriles is 1. The Bertz CT molecular complexity index is 852. The van der Waals surface area contributed by atoms with Gasteiger partial charge < -0.3 is 9.80 Å². The fraction of sp³-hybridized carbons (Fsp3) is 0.286. The number of nitrogens with zero attached hydrogens (tertiary/aromatic N) is 3. The molecule has 2 aromatic rings. The molecule has 132 valence electrons. The standard InChI is InChI=1S/C21H21N3O2/c1-23(14-18-5-2-4-17(12-18)13-22)21(26)19-9-7-16(8-10-19)15-24-11-3-6-20(24)25/h2,4-5,7-10,12H,3,6,11,14-15H2,1H3. The van der Waals surface area contributed by atoms with Gasteiger partial charge >= 0.3 is 0 Å². The van der Waals surface area contributed by atoms with Gasteiger partial charge in [-0.15, -0.1) is 0 Å². The number of amides is 2. The Kier molecular flexibility index (Phi) is 5.33. The molecule has 5 nitrogen and oxygen atoms in total. The zero-order valence-corrected chi connectivity index (χ0v) is 14.8. The molecular formula is C21H21N3O2. The minimum atomic E-state index is -0.0730. The molecule has 0 atom stereocenters. The lowest BCUT2D eigenvalue weighted by molar-refractivity contribution is -0.128. The summed E-state index contributed by atoms with van der Waals surface area (Å²) in [6, 6.07) is 16.8. The third kappa shape index (κ3) is 4.09. The van der Waals surface area contributed by atoms with Gasteiger partial charge in [0.1, 0.15) is 0 Å². The summed E-state index contributed by atoms with van der Waals surface area (Å²) in [6.45, 7) is 1.85. The number of carbonyl (C=O) groups is 2. The van der Waals surface area contributed by atoms with E-state index in [4.69, 9.17) is 5.26 Å². The van der Waals surface area contributed by atoms with Gasteiger partial charge in [0.05, 0.1) is 11.6 Å². The Hall–Kier alpha value is -3.13. The van der Waals surface area contributed by atoms with E-state index >= 15 is 0 Å². The molecule has 1 fully saturated rings. The number of benzene rings is 2. The molecule has 3 rings (SSSR count). The molecule has 0 aromatic heterocycles. The minimum Gasteiger partial charge on any atom is -0.338 e. The monoisotopic (exact) mass is 347 g/mol. The van der Waals surface area contributed by atoms with Crippen LogP contribution in [0.1, 0.15) is 39.9 Å². The molecule has 2 amide bonds. The Balaban J connectivity index is 1.63. The molecule has 2 aromatic carbocycles. The summed E-state index contributed by atoms with van der Waals surface area (Å²) < 4.78 is 0. The van der Waals surface area contributed by atoms with E-state index in [-0.39, 0.29) is 11.8 Å². The third-order valence-corrected chi connectivity index (χ3v) is 4.57. The number of likely N-dealkylation sites (tertiary alicyclic amines) is 1. The average molecular weight is 347 g/mol. The van der Waals surface area contributed by atoms with Crippen molar-refractivity contribution in [2.75, 3.05) is 13.6 Å². The van der Waals surface area contributed by atoms with E-state index in [1.54, 1.807) is 36.2 Å². The molecule has 0 N–H and O–H groups in total. The zero-order chi connectivity index (χ0) is 18.5. The highest BCUT2D eigenvalue weighted by molar-refractivity contribution is 5.94. The van der Waals surface area contributed by atoms with Crippen molar-refractivity contribution in [3.05, 3.63) is 70.8 Å². The maximum Gasteiger partial charge on any atom is 0.253 e. The van der Waals surface area contributed by atoms with Gasteiger partial charge in [-0.3, -0.25) is 9.59 Å². The molecule has 1 aliphatic heterocycles. The van der Waals surface area contributed by atoms with E-state index in [9.17, 15) is 9.59 Å². The third-order valence-electron chi connectivity index (χ3n) is 4.57. The first-order valence-corrected chi connectivity index (χ1v) is 8.68. The molecule has 5 heteroatoms. The second-order valence-electron chi connectivity index (χ2n) is 6.59. The van der Waals surface area contributed by atoms with Gasteiger partial charge in [0.25, 0.3) is 5.91 Å². The van der Waals surface area contributed by atoms with Gasteiger partial charge in [-0.1, -0.05) is 24.3 Å². The lowest BCUT2D eigenvalue weighted by Crippen LogP contribution is -2.26. The number of hydrogen-bond acceptors (Lipinski definition) is 3. The Morgan fingerprint density at radius 2 is 1.96 bits per heavy atom. The predicted molar refractivity (Wildman–Crippen MR) is 98.0 cm³/mol. The lowest BCUT2D eigenvalue weighted by atomic mass is 10.1. The van der Waals surface area contributed by atoms with Crippen LogP contribution < -0.4 is 0 Å². The van der Waals surface area contributed by atoms with Crippen molar-refractivity contribution in [3.8, 4) is 6.07 Å². The summed E-state index contributed by atoms with van der Waals surface area (Å²) in [7, 11) is 1.75. The second kappa shape index (κ2) is 7.83. The van der Waals surface area contributed by atoms with Crippen LogP contribution in [0.5, 0.6) is 0 Å². The Morgan fingerprint density at radius 1 is 1.19 bits per heavy atom. The number of carbonyl (C=O) groups excluding carboxylic acids is 2. The largest absolute Gasteiger partial charge is 0.338 e. The molecule has 1 heterocycles. The van der Waals surface area contributed by atoms with Crippen molar-refractivity contribution in [1.82, 2.24) is 9.80 Å². The van der Waals surface area contributed by atoms with Crippen LogP contribution in [0, 0.1) is 11.3 Å². The van der Waals surface area contributed by atoms with Crippen molar-refractivity contribution in [2.24, 2.45) is 0 Å². The number of hydrogen-bond donors (Lipinski definition) is 0. The zero-order valence-electron chi connectivity index (χ0n) is 14.8. The van der Waals surface area contributed by atoms with E-state index in [0.717, 1.165) is 24.1 Å². The summed E-state index contributed by atoms with van der Waals surface area (Å²) in [5.41, 5.74) is 3.15. The summed E-state index contributed by atoms with van der Waals surface area (Å²) >= 11 is 0. The van der Waals surface area contributed by atoms with Crippen LogP contribution in [-0.4, -0.2) is 35.2 Å². The SMILES string of the molecule is CN(Cc1cccc(C#N)c1)C(=O)c1ccc(CN2CCCC2=O)cc1.